The number of carboxylic acids is 1. The van der Waals surface area contributed by atoms with E-state index in [1.807, 2.05) is 54.6 Å². The Morgan fingerprint density at radius 1 is 0.694 bits per heavy atom. The van der Waals surface area contributed by atoms with Gasteiger partial charge >= 0.3 is 175 Å². The van der Waals surface area contributed by atoms with Gasteiger partial charge in [0, 0.05) is 0 Å². The van der Waals surface area contributed by atoms with Crippen molar-refractivity contribution in [2.45, 2.75) is 12.2 Å². The first-order valence-corrected chi connectivity index (χ1v) is 16.5. The van der Waals surface area contributed by atoms with E-state index in [0.29, 0.717) is 24.9 Å². The van der Waals surface area contributed by atoms with Gasteiger partial charge in [0.25, 0.3) is 0 Å². The van der Waals surface area contributed by atoms with Gasteiger partial charge in [-0.15, -0.1) is 19.8 Å². The molecule has 0 aliphatic carbocycles. The van der Waals surface area contributed by atoms with Gasteiger partial charge in [-0.25, -0.2) is 0 Å². The number of rotatable bonds is 12. The molecule has 0 aliphatic rings. The molecule has 0 N–H and O–H groups in total. The maximum atomic E-state index is 11.6. The number of carbonyl (C=O) groups excluding carboxylic acids is 1. The van der Waals surface area contributed by atoms with Gasteiger partial charge in [0.2, 0.25) is 0 Å². The van der Waals surface area contributed by atoms with Crippen LogP contribution in [-0.2, 0) is 4.79 Å². The molecular weight excluding hydrogens is 622 g/mol. The van der Waals surface area contributed by atoms with Gasteiger partial charge in [-0.1, -0.05) is 0 Å². The third-order valence-corrected chi connectivity index (χ3v) is 16.9. The molecular formula is C28H33GeNO5Sn. The van der Waals surface area contributed by atoms with E-state index < -0.39 is 25.2 Å². The van der Waals surface area contributed by atoms with Gasteiger partial charge < -0.3 is 20.2 Å². The van der Waals surface area contributed by atoms with Crippen LogP contribution in [-0.4, -0.2) is 87.5 Å². The summed E-state index contributed by atoms with van der Waals surface area (Å²) in [6.45, 7) is 2.03. The fourth-order valence-electron chi connectivity index (χ4n) is 4.29. The summed E-state index contributed by atoms with van der Waals surface area (Å²) in [7, 11) is 0. The maximum absolute atomic E-state index is 11.6. The van der Waals surface area contributed by atoms with Crippen LogP contribution >= 0.6 is 0 Å². The molecule has 0 saturated carbocycles. The Kier molecular flexibility index (Phi) is 15.9. The van der Waals surface area contributed by atoms with E-state index in [-0.39, 0.29) is 43.7 Å². The molecule has 1 unspecified atom stereocenters. The molecule has 36 heavy (non-hydrogen) atoms. The van der Waals surface area contributed by atoms with Crippen LogP contribution < -0.4 is 33.6 Å². The third-order valence-electron chi connectivity index (χ3n) is 6.04. The zero-order valence-corrected chi connectivity index (χ0v) is 25.6. The van der Waals surface area contributed by atoms with Gasteiger partial charge in [-0.2, -0.15) is 0 Å². The van der Waals surface area contributed by atoms with E-state index in [2.05, 4.69) is 36.4 Å². The van der Waals surface area contributed by atoms with E-state index in [9.17, 15) is 25.2 Å². The zero-order chi connectivity index (χ0) is 25.5. The maximum Gasteiger partial charge on any atom is 4.00 e. The molecule has 0 aromatic heterocycles. The first kappa shape index (κ1) is 32.3. The predicted octanol–water partition coefficient (Wildman–Crippen LogP) is -2.47. The first-order chi connectivity index (χ1) is 17.0. The molecule has 3 rings (SSSR count). The SMILES string of the molecule is CC([CH2][Ge]([c]1ccccc1)([c]1ccccc1)[c]1ccccc1)C(=O)[O-].[O-]CCN(CC[O-])CC[O-].[Sn+4]. The minimum atomic E-state index is -3.15. The molecule has 8 heteroatoms. The average molecular weight is 655 g/mol. The smallest absolute Gasteiger partial charge is 0.854 e. The largest absolute Gasteiger partial charge is 4.00 e. The van der Waals surface area contributed by atoms with Crippen LogP contribution in [0.15, 0.2) is 91.0 Å². The molecule has 0 radical (unpaired) electrons. The average Bonchev–Trinajstić information content (AvgIpc) is 2.89. The number of hydrogen-bond acceptors (Lipinski definition) is 6. The van der Waals surface area contributed by atoms with E-state index in [4.69, 9.17) is 0 Å². The van der Waals surface area contributed by atoms with Gasteiger partial charge in [0.1, 0.15) is 0 Å². The van der Waals surface area contributed by atoms with Crippen LogP contribution in [0.25, 0.3) is 0 Å². The summed E-state index contributed by atoms with van der Waals surface area (Å²) in [6, 6.07) is 31.2. The predicted molar refractivity (Wildman–Crippen MR) is 140 cm³/mol. The van der Waals surface area contributed by atoms with E-state index in [1.165, 1.54) is 13.2 Å². The zero-order valence-electron chi connectivity index (χ0n) is 20.7. The van der Waals surface area contributed by atoms with Crippen molar-refractivity contribution < 1.29 is 25.2 Å². The molecule has 0 heterocycles. The van der Waals surface area contributed by atoms with Crippen LogP contribution in [0, 0.1) is 5.92 Å². The Morgan fingerprint density at radius 3 is 1.25 bits per heavy atom. The van der Waals surface area contributed by atoms with Crippen molar-refractivity contribution in [2.24, 2.45) is 5.92 Å². The molecule has 188 valence electrons. The summed E-state index contributed by atoms with van der Waals surface area (Å²) in [5, 5.41) is 42.3. The second-order valence-electron chi connectivity index (χ2n) is 8.38. The molecule has 0 bridgehead atoms. The van der Waals surface area contributed by atoms with Crippen molar-refractivity contribution in [3.05, 3.63) is 91.0 Å². The van der Waals surface area contributed by atoms with Crippen LogP contribution in [0.1, 0.15) is 6.92 Å². The van der Waals surface area contributed by atoms with Crippen molar-refractivity contribution in [2.75, 3.05) is 39.5 Å². The molecule has 6 nitrogen and oxygen atoms in total. The van der Waals surface area contributed by atoms with Crippen molar-refractivity contribution in [3.8, 4) is 0 Å². The number of carbonyl (C=O) groups is 1. The van der Waals surface area contributed by atoms with Gasteiger partial charge in [-0.3, -0.25) is 0 Å². The monoisotopic (exact) mass is 657 g/mol. The summed E-state index contributed by atoms with van der Waals surface area (Å²) in [4.78, 5) is 13.2. The van der Waals surface area contributed by atoms with Crippen molar-refractivity contribution in [1.82, 2.24) is 4.90 Å². The van der Waals surface area contributed by atoms with Gasteiger partial charge in [0.15, 0.2) is 0 Å². The van der Waals surface area contributed by atoms with Crippen molar-refractivity contribution >= 4 is 56.3 Å². The molecule has 3 aromatic carbocycles. The fourth-order valence-corrected chi connectivity index (χ4v) is 14.9. The minimum absolute atomic E-state index is 0. The second-order valence-corrected chi connectivity index (χ2v) is 16.7. The third kappa shape index (κ3) is 9.32. The Bertz CT molecular complexity index is 868. The van der Waals surface area contributed by atoms with E-state index >= 15 is 0 Å². The molecule has 0 amide bonds. The minimum Gasteiger partial charge on any atom is -0.854 e. The van der Waals surface area contributed by atoms with Gasteiger partial charge in [-0.05, 0) is 19.6 Å². The first-order valence-electron chi connectivity index (χ1n) is 11.8. The normalized spacial score (nSPS) is 11.7. The second kappa shape index (κ2) is 17.7. The Hall–Kier alpha value is -1.69. The molecule has 3 aromatic rings. The van der Waals surface area contributed by atoms with Crippen LogP contribution in [0.5, 0.6) is 0 Å². The van der Waals surface area contributed by atoms with Crippen LogP contribution in [0.2, 0.25) is 5.25 Å². The summed E-state index contributed by atoms with van der Waals surface area (Å²) >= 11 is -3.15. The number of aliphatic carboxylic acids is 1. The van der Waals surface area contributed by atoms with Crippen LogP contribution in [0.3, 0.4) is 0 Å². The number of nitrogens with zero attached hydrogens (tertiary/aromatic N) is 1. The molecule has 0 fully saturated rings. The topological polar surface area (TPSA) is 113 Å². The van der Waals surface area contributed by atoms with Crippen molar-refractivity contribution in [3.63, 3.8) is 0 Å². The van der Waals surface area contributed by atoms with E-state index in [1.54, 1.807) is 11.8 Å². The molecule has 0 aliphatic heterocycles. The summed E-state index contributed by atoms with van der Waals surface area (Å²) in [6.07, 6.45) is 0. The number of benzene rings is 3. The Morgan fingerprint density at radius 2 is 1.00 bits per heavy atom. The van der Waals surface area contributed by atoms with Crippen molar-refractivity contribution in [1.29, 1.82) is 0 Å². The number of hydrogen-bond donors (Lipinski definition) is 0. The Labute approximate surface area is 233 Å². The quantitative estimate of drug-likeness (QED) is 0.200. The van der Waals surface area contributed by atoms with E-state index in [0.717, 1.165) is 0 Å². The van der Waals surface area contributed by atoms with Gasteiger partial charge in [0.05, 0.1) is 0 Å². The summed E-state index contributed by atoms with van der Waals surface area (Å²) in [5.74, 6) is -1.47. The number of carboxylic acid groups (broad SMARTS) is 1. The fraction of sp³-hybridized carbons (Fsp3) is 0.321. The molecule has 0 saturated heterocycles. The summed E-state index contributed by atoms with van der Waals surface area (Å²) in [5.41, 5.74) is 0. The Balaban J connectivity index is 0.000000504. The summed E-state index contributed by atoms with van der Waals surface area (Å²) < 4.78 is 3.81. The molecule has 0 spiro atoms. The molecule has 1 atom stereocenters. The van der Waals surface area contributed by atoms with Crippen LogP contribution in [0.4, 0.5) is 0 Å². The standard InChI is InChI=1S/C22H22GeO2.C6H12NO3.Sn/c1-18(22(24)25)17-23(19-11-5-2-6-12-19,20-13-7-3-8-14-20)21-15-9-4-10-16-21;8-4-1-7(2-5-9)3-6-10;/h2-16,18H,17H2,1H3,(H,24,25);1-6H2;/q;-3;+4/p-1.